The van der Waals surface area contributed by atoms with Crippen LogP contribution in [0.25, 0.3) is 0 Å². The molecule has 1 N–H and O–H groups in total. The maximum absolute atomic E-state index is 10.4. The zero-order valence-corrected chi connectivity index (χ0v) is 10.1. The van der Waals surface area contributed by atoms with Crippen LogP contribution in [0.2, 0.25) is 0 Å². The van der Waals surface area contributed by atoms with Gasteiger partial charge in [0.15, 0.2) is 5.89 Å². The van der Waals surface area contributed by atoms with E-state index in [1.807, 2.05) is 0 Å². The van der Waals surface area contributed by atoms with Crippen molar-refractivity contribution in [2.75, 3.05) is 20.1 Å². The van der Waals surface area contributed by atoms with E-state index >= 15 is 0 Å². The van der Waals surface area contributed by atoms with Gasteiger partial charge in [-0.05, 0) is 33.0 Å². The lowest BCUT2D eigenvalue weighted by Crippen LogP contribution is -2.29. The normalized spacial score (nSPS) is 18.4. The maximum Gasteiger partial charge on any atom is 0.303 e. The molecule has 1 aliphatic heterocycles. The van der Waals surface area contributed by atoms with Crippen LogP contribution >= 0.6 is 0 Å². The van der Waals surface area contributed by atoms with Crippen molar-refractivity contribution in [1.82, 2.24) is 9.88 Å². The van der Waals surface area contributed by atoms with E-state index in [-0.39, 0.29) is 6.42 Å². The predicted octanol–water partition coefficient (Wildman–Crippen LogP) is 1.50. The van der Waals surface area contributed by atoms with Crippen LogP contribution in [0.4, 0.5) is 0 Å². The Labute approximate surface area is 100 Å². The van der Waals surface area contributed by atoms with Gasteiger partial charge in [-0.15, -0.1) is 0 Å². The summed E-state index contributed by atoms with van der Waals surface area (Å²) in [5.74, 6) is 0.193. The average molecular weight is 238 g/mol. The van der Waals surface area contributed by atoms with Gasteiger partial charge in [-0.25, -0.2) is 4.98 Å². The highest BCUT2D eigenvalue weighted by atomic mass is 16.4. The predicted molar refractivity (Wildman–Crippen MR) is 61.9 cm³/mol. The zero-order valence-electron chi connectivity index (χ0n) is 10.1. The number of carboxylic acid groups (broad SMARTS) is 1. The van der Waals surface area contributed by atoms with Gasteiger partial charge in [-0.2, -0.15) is 0 Å². The fourth-order valence-corrected chi connectivity index (χ4v) is 2.15. The van der Waals surface area contributed by atoms with Gasteiger partial charge in [0.2, 0.25) is 0 Å². The molecule has 0 saturated carbocycles. The first kappa shape index (κ1) is 12.1. The van der Waals surface area contributed by atoms with E-state index in [1.165, 1.54) is 0 Å². The molecule has 0 aromatic carbocycles. The summed E-state index contributed by atoms with van der Waals surface area (Å²) >= 11 is 0. The van der Waals surface area contributed by atoms with Gasteiger partial charge in [0.25, 0.3) is 0 Å². The van der Waals surface area contributed by atoms with Crippen molar-refractivity contribution in [3.63, 3.8) is 0 Å². The molecule has 0 amide bonds. The summed E-state index contributed by atoms with van der Waals surface area (Å²) in [7, 11) is 2.12. The molecule has 0 atom stereocenters. The molecule has 1 fully saturated rings. The fourth-order valence-electron chi connectivity index (χ4n) is 2.15. The van der Waals surface area contributed by atoms with Crippen molar-refractivity contribution in [3.8, 4) is 0 Å². The van der Waals surface area contributed by atoms with E-state index in [4.69, 9.17) is 9.52 Å². The van der Waals surface area contributed by atoms with Crippen molar-refractivity contribution in [1.29, 1.82) is 0 Å². The number of carbonyl (C=O) groups is 1. The second-order valence-electron chi connectivity index (χ2n) is 4.64. The van der Waals surface area contributed by atoms with Crippen molar-refractivity contribution in [2.24, 2.45) is 0 Å². The lowest BCUT2D eigenvalue weighted by molar-refractivity contribution is -0.137. The van der Waals surface area contributed by atoms with E-state index in [1.54, 1.807) is 6.26 Å². The monoisotopic (exact) mass is 238 g/mol. The minimum absolute atomic E-state index is 0.0767. The molecular weight excluding hydrogens is 220 g/mol. The first-order valence-corrected chi connectivity index (χ1v) is 6.00. The molecule has 1 saturated heterocycles. The van der Waals surface area contributed by atoms with Crippen LogP contribution < -0.4 is 0 Å². The Morgan fingerprint density at radius 1 is 1.59 bits per heavy atom. The Morgan fingerprint density at radius 3 is 2.94 bits per heavy atom. The summed E-state index contributed by atoms with van der Waals surface area (Å²) < 4.78 is 5.31. The third kappa shape index (κ3) is 3.30. The molecule has 0 bridgehead atoms. The Bertz CT molecular complexity index is 381. The van der Waals surface area contributed by atoms with Crippen LogP contribution in [0, 0.1) is 0 Å². The van der Waals surface area contributed by atoms with Gasteiger partial charge in [-0.1, -0.05) is 0 Å². The third-order valence-electron chi connectivity index (χ3n) is 3.26. The van der Waals surface area contributed by atoms with Crippen molar-refractivity contribution in [3.05, 3.63) is 17.8 Å². The summed E-state index contributed by atoms with van der Waals surface area (Å²) in [5, 5.41) is 8.58. The lowest BCUT2D eigenvalue weighted by atomic mass is 9.94. The number of rotatable bonds is 4. The second-order valence-corrected chi connectivity index (χ2v) is 4.64. The minimum Gasteiger partial charge on any atom is -0.481 e. The van der Waals surface area contributed by atoms with E-state index in [0.717, 1.165) is 31.6 Å². The number of oxazole rings is 1. The van der Waals surface area contributed by atoms with Gasteiger partial charge < -0.3 is 14.4 Å². The Balaban J connectivity index is 1.91. The molecule has 17 heavy (non-hydrogen) atoms. The molecule has 1 aliphatic rings. The van der Waals surface area contributed by atoms with Crippen LogP contribution in [0.5, 0.6) is 0 Å². The van der Waals surface area contributed by atoms with Crippen LogP contribution in [0.3, 0.4) is 0 Å². The largest absolute Gasteiger partial charge is 0.481 e. The van der Waals surface area contributed by atoms with Crippen molar-refractivity contribution < 1.29 is 14.3 Å². The second kappa shape index (κ2) is 5.31. The van der Waals surface area contributed by atoms with Gasteiger partial charge in [-0.3, -0.25) is 4.79 Å². The fraction of sp³-hybridized carbons (Fsp3) is 0.667. The van der Waals surface area contributed by atoms with Gasteiger partial charge in [0.1, 0.15) is 6.26 Å². The third-order valence-corrected chi connectivity index (χ3v) is 3.26. The number of hydrogen-bond acceptors (Lipinski definition) is 4. The number of aryl methyl sites for hydroxylation is 1. The quantitative estimate of drug-likeness (QED) is 0.861. The summed E-state index contributed by atoms with van der Waals surface area (Å²) in [4.78, 5) is 17.1. The number of nitrogens with zero attached hydrogens (tertiary/aromatic N) is 2. The smallest absolute Gasteiger partial charge is 0.303 e. The molecule has 94 valence electrons. The highest BCUT2D eigenvalue weighted by molar-refractivity contribution is 5.66. The Hall–Kier alpha value is -1.36. The SMILES string of the molecule is CN1CCC(c2coc(CCC(=O)O)n2)CC1. The number of carboxylic acids is 1. The lowest BCUT2D eigenvalue weighted by Gasteiger charge is -2.27. The summed E-state index contributed by atoms with van der Waals surface area (Å²) in [6, 6.07) is 0. The molecular formula is C12H18N2O3. The molecule has 5 heteroatoms. The maximum atomic E-state index is 10.4. The number of hydrogen-bond donors (Lipinski definition) is 1. The average Bonchev–Trinajstić information content (AvgIpc) is 2.76. The zero-order chi connectivity index (χ0) is 12.3. The summed E-state index contributed by atoms with van der Waals surface area (Å²) in [5.41, 5.74) is 0.985. The van der Waals surface area contributed by atoms with Crippen LogP contribution in [-0.4, -0.2) is 41.1 Å². The van der Waals surface area contributed by atoms with E-state index in [0.29, 0.717) is 18.2 Å². The molecule has 2 rings (SSSR count). The van der Waals surface area contributed by atoms with Crippen molar-refractivity contribution in [2.45, 2.75) is 31.6 Å². The number of aromatic nitrogens is 1. The standard InChI is InChI=1S/C12H18N2O3/c1-14-6-4-9(5-7-14)10-8-17-11(13-10)2-3-12(15)16/h8-9H,2-7H2,1H3,(H,15,16). The minimum atomic E-state index is -0.816. The number of aliphatic carboxylic acids is 1. The molecule has 0 radical (unpaired) electrons. The number of piperidine rings is 1. The van der Waals surface area contributed by atoms with E-state index < -0.39 is 5.97 Å². The van der Waals surface area contributed by atoms with Crippen molar-refractivity contribution >= 4 is 5.97 Å². The van der Waals surface area contributed by atoms with Gasteiger partial charge in [0, 0.05) is 12.3 Å². The highest BCUT2D eigenvalue weighted by Crippen LogP contribution is 2.26. The van der Waals surface area contributed by atoms with Gasteiger partial charge in [0.05, 0.1) is 12.1 Å². The summed E-state index contributed by atoms with van der Waals surface area (Å²) in [6.07, 6.45) is 4.34. The first-order chi connectivity index (χ1) is 8.15. The van der Waals surface area contributed by atoms with Crippen LogP contribution in [-0.2, 0) is 11.2 Å². The number of likely N-dealkylation sites (tertiary alicyclic amines) is 1. The Morgan fingerprint density at radius 2 is 2.29 bits per heavy atom. The van der Waals surface area contributed by atoms with E-state index in [2.05, 4.69) is 16.9 Å². The topological polar surface area (TPSA) is 66.6 Å². The van der Waals surface area contributed by atoms with Crippen LogP contribution in [0.15, 0.2) is 10.7 Å². The van der Waals surface area contributed by atoms with Crippen LogP contribution in [0.1, 0.15) is 36.8 Å². The molecule has 5 nitrogen and oxygen atoms in total. The van der Waals surface area contributed by atoms with E-state index in [9.17, 15) is 4.79 Å². The molecule has 0 spiro atoms. The molecule has 1 aromatic rings. The first-order valence-electron chi connectivity index (χ1n) is 6.00. The van der Waals surface area contributed by atoms with Gasteiger partial charge >= 0.3 is 5.97 Å². The summed E-state index contributed by atoms with van der Waals surface area (Å²) in [6.45, 7) is 2.17. The molecule has 1 aromatic heterocycles. The molecule has 0 aliphatic carbocycles. The molecule has 0 unspecified atom stereocenters. The Kier molecular flexibility index (Phi) is 3.78. The molecule has 2 heterocycles. The highest BCUT2D eigenvalue weighted by Gasteiger charge is 2.21.